The number of benzene rings is 6. The van der Waals surface area contributed by atoms with E-state index in [0.29, 0.717) is 0 Å². The van der Waals surface area contributed by atoms with Crippen molar-refractivity contribution in [3.63, 3.8) is 0 Å². The molecule has 0 spiro atoms. The Morgan fingerprint density at radius 3 is 1.39 bits per heavy atom. The molecule has 6 aromatic rings. The molecular formula is C68H83BN2. The quantitative estimate of drug-likeness (QED) is 0.162. The highest BCUT2D eigenvalue weighted by Gasteiger charge is 2.49. The van der Waals surface area contributed by atoms with Gasteiger partial charge in [-0.1, -0.05) is 178 Å². The first kappa shape index (κ1) is 48.3. The average Bonchev–Trinajstić information content (AvgIpc) is 3.30. The third kappa shape index (κ3) is 7.30. The number of rotatable bonds is 4. The minimum absolute atomic E-state index is 0.0190. The summed E-state index contributed by atoms with van der Waals surface area (Å²) in [7, 11) is 0. The van der Waals surface area contributed by atoms with Gasteiger partial charge in [0, 0.05) is 39.5 Å². The normalized spacial score (nSPS) is 20.5. The van der Waals surface area contributed by atoms with E-state index < -0.39 is 0 Å². The van der Waals surface area contributed by atoms with Crippen molar-refractivity contribution >= 4 is 57.2 Å². The molecule has 0 amide bonds. The summed E-state index contributed by atoms with van der Waals surface area (Å²) in [4.78, 5) is 5.49. The van der Waals surface area contributed by atoms with Gasteiger partial charge in [-0.2, -0.15) is 0 Å². The molecule has 2 aliphatic heterocycles. The lowest BCUT2D eigenvalue weighted by atomic mass is 9.32. The van der Waals surface area contributed by atoms with Crippen molar-refractivity contribution in [2.75, 3.05) is 9.80 Å². The topological polar surface area (TPSA) is 6.48 Å². The fourth-order valence-corrected chi connectivity index (χ4v) is 14.1. The molecule has 6 aromatic carbocycles. The molecule has 0 radical (unpaired) electrons. The molecule has 5 aliphatic rings. The predicted molar refractivity (Wildman–Crippen MR) is 308 cm³/mol. The lowest BCUT2D eigenvalue weighted by molar-refractivity contribution is 0.331. The maximum Gasteiger partial charge on any atom is 0.252 e. The van der Waals surface area contributed by atoms with Gasteiger partial charge in [-0.15, -0.1) is 0 Å². The van der Waals surface area contributed by atoms with E-state index in [0.717, 1.165) is 0 Å². The van der Waals surface area contributed by atoms with Crippen molar-refractivity contribution in [1.29, 1.82) is 0 Å². The van der Waals surface area contributed by atoms with Gasteiger partial charge in [-0.25, -0.2) is 0 Å². The van der Waals surface area contributed by atoms with E-state index in [4.69, 9.17) is 0 Å². The number of hydrogen-bond donors (Lipinski definition) is 0. The van der Waals surface area contributed by atoms with Crippen molar-refractivity contribution in [3.8, 4) is 0 Å². The number of anilines is 6. The van der Waals surface area contributed by atoms with E-state index in [1.165, 1.54) is 145 Å². The molecule has 0 atom stereocenters. The second kappa shape index (κ2) is 15.3. The average molecular weight is 939 g/mol. The van der Waals surface area contributed by atoms with Gasteiger partial charge in [0.05, 0.1) is 0 Å². The number of nitrogens with zero attached hydrogens (tertiary/aromatic N) is 2. The van der Waals surface area contributed by atoms with Crippen LogP contribution in [0.5, 0.6) is 0 Å². The van der Waals surface area contributed by atoms with Crippen molar-refractivity contribution in [2.24, 2.45) is 0 Å². The van der Waals surface area contributed by atoms with Gasteiger partial charge in [-0.3, -0.25) is 0 Å². The molecule has 368 valence electrons. The van der Waals surface area contributed by atoms with Gasteiger partial charge in [0.2, 0.25) is 0 Å². The molecule has 0 saturated carbocycles. The van der Waals surface area contributed by atoms with Crippen LogP contribution in [-0.2, 0) is 43.3 Å². The van der Waals surface area contributed by atoms with E-state index in [1.807, 2.05) is 0 Å². The Labute approximate surface area is 430 Å². The van der Waals surface area contributed by atoms with Gasteiger partial charge in [0.25, 0.3) is 6.71 Å². The lowest BCUT2D eigenvalue weighted by Gasteiger charge is -2.49. The Bertz CT molecular complexity index is 3180. The maximum atomic E-state index is 2.78. The Balaban J connectivity index is 1.29. The summed E-state index contributed by atoms with van der Waals surface area (Å²) in [5.74, 6) is 0. The zero-order valence-corrected chi connectivity index (χ0v) is 47.0. The molecule has 3 aliphatic carbocycles. The highest BCUT2D eigenvalue weighted by Crippen LogP contribution is 2.55. The molecule has 0 aromatic heterocycles. The summed E-state index contributed by atoms with van der Waals surface area (Å²) in [6, 6.07) is 42.3. The highest BCUT2D eigenvalue weighted by molar-refractivity contribution is 7.00. The maximum absolute atomic E-state index is 2.78. The molecule has 3 heteroatoms. The Morgan fingerprint density at radius 2 is 0.845 bits per heavy atom. The summed E-state index contributed by atoms with van der Waals surface area (Å²) >= 11 is 0. The van der Waals surface area contributed by atoms with Crippen molar-refractivity contribution in [3.05, 3.63) is 159 Å². The Morgan fingerprint density at radius 1 is 0.380 bits per heavy atom. The van der Waals surface area contributed by atoms with Crippen molar-refractivity contribution < 1.29 is 0 Å². The molecule has 0 fully saturated rings. The van der Waals surface area contributed by atoms with E-state index in [2.05, 4.69) is 238 Å². The monoisotopic (exact) mass is 939 g/mol. The first-order chi connectivity index (χ1) is 32.9. The molecule has 11 rings (SSSR count). The molecular weight excluding hydrogens is 856 g/mol. The van der Waals surface area contributed by atoms with E-state index in [-0.39, 0.29) is 50.0 Å². The Hall–Kier alpha value is -5.02. The first-order valence-corrected chi connectivity index (χ1v) is 27.4. The minimum Gasteiger partial charge on any atom is -0.311 e. The lowest BCUT2D eigenvalue weighted by Crippen LogP contribution is -2.62. The SMILES string of the molecule is Cc1cc2c(cc1N1c3cc4c(cc3B3c5cc(C(C)(C)c6ccccc6)ccc5N(c5ccc6c(c5)C(C)(C)CCC6(C)C)c5cc(C(C)(C)C)cc1c53)C(C)(C)CCC4(C)C)C(C)(C)CCC2(C)C. The first-order valence-electron chi connectivity index (χ1n) is 27.4. The summed E-state index contributed by atoms with van der Waals surface area (Å²) in [6.07, 6.45) is 7.12. The van der Waals surface area contributed by atoms with Gasteiger partial charge < -0.3 is 9.80 Å². The van der Waals surface area contributed by atoms with Crippen LogP contribution in [0.2, 0.25) is 0 Å². The van der Waals surface area contributed by atoms with Crippen LogP contribution in [0.3, 0.4) is 0 Å². The summed E-state index contributed by atoms with van der Waals surface area (Å²) in [5, 5.41) is 0. The van der Waals surface area contributed by atoms with Crippen molar-refractivity contribution in [1.82, 2.24) is 0 Å². The molecule has 0 N–H and O–H groups in total. The van der Waals surface area contributed by atoms with Crippen LogP contribution in [0.25, 0.3) is 0 Å². The van der Waals surface area contributed by atoms with Crippen LogP contribution in [0.1, 0.15) is 212 Å². The standard InChI is InChI=1S/C68H83BN2/c1-42-34-48-51(66(13,14)32-30-63(48,7)8)40-56(42)71-57-41-52-50(65(11,12)31-33-67(52,15)16)39-54(57)69-53-35-44(68(17,18)43-22-20-19-21-23-43)24-27-55(53)70(58-36-45(61(2,3)4)37-59(71)60(58)69)46-25-26-47-49(38-46)64(9,10)29-28-62(47,5)6/h19-27,34-41H,28-33H2,1-18H3. The van der Waals surface area contributed by atoms with E-state index >= 15 is 0 Å². The Kier molecular flexibility index (Phi) is 10.4. The molecule has 71 heavy (non-hydrogen) atoms. The third-order valence-corrected chi connectivity index (χ3v) is 19.6. The van der Waals surface area contributed by atoms with E-state index in [9.17, 15) is 0 Å². The smallest absolute Gasteiger partial charge is 0.252 e. The fraction of sp³-hybridized carbons (Fsp3) is 0.471. The summed E-state index contributed by atoms with van der Waals surface area (Å²) in [6.45, 7) is 44.4. The molecule has 0 saturated heterocycles. The molecule has 2 heterocycles. The largest absolute Gasteiger partial charge is 0.311 e. The van der Waals surface area contributed by atoms with Gasteiger partial charge >= 0.3 is 0 Å². The molecule has 0 bridgehead atoms. The van der Waals surface area contributed by atoms with Crippen LogP contribution in [0, 0.1) is 6.92 Å². The molecule has 2 nitrogen and oxygen atoms in total. The summed E-state index contributed by atoms with van der Waals surface area (Å²) in [5.41, 5.74) is 26.8. The zero-order chi connectivity index (χ0) is 51.0. The van der Waals surface area contributed by atoms with Crippen molar-refractivity contribution in [2.45, 2.75) is 206 Å². The predicted octanol–water partition coefficient (Wildman–Crippen LogP) is 16.7. The number of aryl methyl sites for hydroxylation is 1. The van der Waals surface area contributed by atoms with Gasteiger partial charge in [0.1, 0.15) is 0 Å². The van der Waals surface area contributed by atoms with Crippen LogP contribution in [0.4, 0.5) is 34.1 Å². The second-order valence-corrected chi connectivity index (χ2v) is 28.7. The fourth-order valence-electron chi connectivity index (χ4n) is 14.1. The van der Waals surface area contributed by atoms with E-state index in [1.54, 1.807) is 0 Å². The van der Waals surface area contributed by atoms with Gasteiger partial charge in [0.15, 0.2) is 0 Å². The van der Waals surface area contributed by atoms with Crippen LogP contribution in [0.15, 0.2) is 103 Å². The highest BCUT2D eigenvalue weighted by atomic mass is 15.2. The molecule has 0 unspecified atom stereocenters. The van der Waals surface area contributed by atoms with Gasteiger partial charge in [-0.05, 0) is 198 Å². The third-order valence-electron chi connectivity index (χ3n) is 19.6. The van der Waals surface area contributed by atoms with Crippen LogP contribution < -0.4 is 26.2 Å². The summed E-state index contributed by atoms with van der Waals surface area (Å²) < 4.78 is 0. The minimum atomic E-state index is -0.214. The second-order valence-electron chi connectivity index (χ2n) is 28.7. The van der Waals surface area contributed by atoms with Crippen LogP contribution >= 0.6 is 0 Å². The number of hydrogen-bond acceptors (Lipinski definition) is 2. The van der Waals surface area contributed by atoms with Crippen LogP contribution in [-0.4, -0.2) is 6.71 Å². The zero-order valence-electron chi connectivity index (χ0n) is 47.0. The number of fused-ring (bicyclic) bond motifs is 7.